The first kappa shape index (κ1) is 23.9. The molecule has 0 fully saturated rings. The Kier molecular flexibility index (Phi) is 15.0. The lowest BCUT2D eigenvalue weighted by atomic mass is 10.0. The predicted octanol–water partition coefficient (Wildman–Crippen LogP) is 8.34. The average Bonchev–Trinajstić information content (AvgIpc) is 2.66. The fourth-order valence-corrected chi connectivity index (χ4v) is 3.65. The van der Waals surface area contributed by atoms with Crippen LogP contribution in [0.15, 0.2) is 18.2 Å². The third kappa shape index (κ3) is 12.8. The van der Waals surface area contributed by atoms with Gasteiger partial charge in [-0.2, -0.15) is 0 Å². The van der Waals surface area contributed by atoms with Crippen LogP contribution in [0.5, 0.6) is 11.5 Å². The van der Waals surface area contributed by atoms with Gasteiger partial charge in [-0.3, -0.25) is 0 Å². The standard InChI is InChI=1S/C25H44O2/c1-3-4-5-6-7-8-9-10-11-12-13-14-15-16-17-18-22-27-25-23(2)20-19-21-24(25)26/h19-21,26H,3-18,22H2,1-2H3. The second kappa shape index (κ2) is 17.0. The maximum Gasteiger partial charge on any atom is 0.163 e. The zero-order valence-electron chi connectivity index (χ0n) is 18.1. The Hall–Kier alpha value is -1.18. The summed E-state index contributed by atoms with van der Waals surface area (Å²) in [4.78, 5) is 0. The molecule has 27 heavy (non-hydrogen) atoms. The minimum absolute atomic E-state index is 0.256. The normalized spacial score (nSPS) is 11.0. The molecule has 0 unspecified atom stereocenters. The Bertz CT molecular complexity index is 435. The molecule has 2 nitrogen and oxygen atoms in total. The van der Waals surface area contributed by atoms with E-state index in [0.717, 1.165) is 12.0 Å². The van der Waals surface area contributed by atoms with Gasteiger partial charge >= 0.3 is 0 Å². The lowest BCUT2D eigenvalue weighted by Gasteiger charge is -2.10. The molecule has 156 valence electrons. The summed E-state index contributed by atoms with van der Waals surface area (Å²) in [5.74, 6) is 0.907. The van der Waals surface area contributed by atoms with Crippen LogP contribution in [0.25, 0.3) is 0 Å². The smallest absolute Gasteiger partial charge is 0.163 e. The van der Waals surface area contributed by atoms with Crippen LogP contribution in [0.3, 0.4) is 0 Å². The Morgan fingerprint density at radius 1 is 0.667 bits per heavy atom. The molecular formula is C25H44O2. The van der Waals surface area contributed by atoms with Crippen molar-refractivity contribution in [2.75, 3.05) is 6.61 Å². The van der Waals surface area contributed by atoms with E-state index in [4.69, 9.17) is 4.74 Å². The van der Waals surface area contributed by atoms with Crippen LogP contribution >= 0.6 is 0 Å². The van der Waals surface area contributed by atoms with E-state index in [-0.39, 0.29) is 5.75 Å². The maximum atomic E-state index is 9.80. The molecule has 0 radical (unpaired) electrons. The molecule has 0 atom stereocenters. The fourth-order valence-electron chi connectivity index (χ4n) is 3.65. The molecule has 0 heterocycles. The van der Waals surface area contributed by atoms with Crippen LogP contribution in [0.2, 0.25) is 0 Å². The highest BCUT2D eigenvalue weighted by Gasteiger charge is 2.04. The highest BCUT2D eigenvalue weighted by molar-refractivity contribution is 5.44. The number of rotatable bonds is 18. The van der Waals surface area contributed by atoms with Crippen molar-refractivity contribution in [2.24, 2.45) is 0 Å². The number of aromatic hydroxyl groups is 1. The first-order valence-corrected chi connectivity index (χ1v) is 11.7. The summed E-state index contributed by atoms with van der Waals surface area (Å²) in [6, 6.07) is 5.52. The SMILES string of the molecule is CCCCCCCCCCCCCCCCCCOc1c(C)cccc1O. The number of phenolic OH excluding ortho intramolecular Hbond substituents is 1. The molecule has 1 aromatic carbocycles. The van der Waals surface area contributed by atoms with E-state index in [1.807, 2.05) is 19.1 Å². The van der Waals surface area contributed by atoms with Crippen LogP contribution in [0.4, 0.5) is 0 Å². The Morgan fingerprint density at radius 2 is 1.11 bits per heavy atom. The van der Waals surface area contributed by atoms with Crippen molar-refractivity contribution in [2.45, 2.75) is 117 Å². The van der Waals surface area contributed by atoms with Gasteiger partial charge in [0.2, 0.25) is 0 Å². The third-order valence-corrected chi connectivity index (χ3v) is 5.44. The summed E-state index contributed by atoms with van der Waals surface area (Å²) >= 11 is 0. The molecule has 0 bridgehead atoms. The van der Waals surface area contributed by atoms with Gasteiger partial charge in [-0.05, 0) is 25.0 Å². The van der Waals surface area contributed by atoms with Crippen LogP contribution in [0, 0.1) is 6.92 Å². The summed E-state index contributed by atoms with van der Waals surface area (Å²) in [5, 5.41) is 9.80. The molecule has 2 heteroatoms. The monoisotopic (exact) mass is 376 g/mol. The van der Waals surface area contributed by atoms with Gasteiger partial charge < -0.3 is 9.84 Å². The van der Waals surface area contributed by atoms with Crippen molar-refractivity contribution in [3.63, 3.8) is 0 Å². The van der Waals surface area contributed by atoms with Crippen molar-refractivity contribution in [1.29, 1.82) is 0 Å². The number of hydrogen-bond donors (Lipinski definition) is 1. The fraction of sp³-hybridized carbons (Fsp3) is 0.760. The third-order valence-electron chi connectivity index (χ3n) is 5.44. The molecule has 1 aromatic rings. The molecule has 0 spiro atoms. The largest absolute Gasteiger partial charge is 0.504 e. The van der Waals surface area contributed by atoms with E-state index in [2.05, 4.69) is 6.92 Å². The summed E-state index contributed by atoms with van der Waals surface area (Å²) in [5.41, 5.74) is 1.01. The highest BCUT2D eigenvalue weighted by atomic mass is 16.5. The first-order valence-electron chi connectivity index (χ1n) is 11.7. The Balaban J connectivity index is 1.79. The van der Waals surface area contributed by atoms with Gasteiger partial charge in [-0.15, -0.1) is 0 Å². The molecule has 0 aromatic heterocycles. The first-order chi connectivity index (χ1) is 13.3. The number of unbranched alkanes of at least 4 members (excludes halogenated alkanes) is 15. The maximum absolute atomic E-state index is 9.80. The van der Waals surface area contributed by atoms with Gasteiger partial charge in [0.05, 0.1) is 6.61 Å². The number of aryl methyl sites for hydroxylation is 1. The van der Waals surface area contributed by atoms with Crippen molar-refractivity contribution in [1.82, 2.24) is 0 Å². The number of ether oxygens (including phenoxy) is 1. The zero-order valence-corrected chi connectivity index (χ0v) is 18.1. The van der Waals surface area contributed by atoms with Crippen molar-refractivity contribution in [3.8, 4) is 11.5 Å². The molecule has 0 aliphatic rings. The summed E-state index contributed by atoms with van der Waals surface area (Å²) < 4.78 is 5.74. The number of benzene rings is 1. The topological polar surface area (TPSA) is 29.5 Å². The molecular weight excluding hydrogens is 332 g/mol. The van der Waals surface area contributed by atoms with E-state index in [9.17, 15) is 5.11 Å². The Morgan fingerprint density at radius 3 is 1.56 bits per heavy atom. The van der Waals surface area contributed by atoms with Crippen molar-refractivity contribution < 1.29 is 9.84 Å². The van der Waals surface area contributed by atoms with Gasteiger partial charge in [0, 0.05) is 0 Å². The molecule has 0 amide bonds. The highest BCUT2D eigenvalue weighted by Crippen LogP contribution is 2.29. The molecule has 0 aliphatic carbocycles. The predicted molar refractivity (Wildman–Crippen MR) is 118 cm³/mol. The number of para-hydroxylation sites is 1. The van der Waals surface area contributed by atoms with Gasteiger partial charge in [0.1, 0.15) is 0 Å². The summed E-state index contributed by atoms with van der Waals surface area (Å²) in [6.45, 7) is 4.97. The van der Waals surface area contributed by atoms with E-state index in [1.54, 1.807) is 6.07 Å². The van der Waals surface area contributed by atoms with E-state index in [1.165, 1.54) is 96.3 Å². The number of phenols is 1. The minimum atomic E-state index is 0.256. The molecule has 0 saturated heterocycles. The zero-order chi connectivity index (χ0) is 19.6. The Labute approximate surface area is 168 Å². The second-order valence-electron chi connectivity index (χ2n) is 8.07. The quantitative estimate of drug-likeness (QED) is 0.261. The van der Waals surface area contributed by atoms with Gasteiger partial charge in [0.25, 0.3) is 0 Å². The van der Waals surface area contributed by atoms with Crippen molar-refractivity contribution >= 4 is 0 Å². The second-order valence-corrected chi connectivity index (χ2v) is 8.07. The molecule has 0 saturated carbocycles. The summed E-state index contributed by atoms with van der Waals surface area (Å²) in [7, 11) is 0. The van der Waals surface area contributed by atoms with Crippen LogP contribution in [-0.4, -0.2) is 11.7 Å². The minimum Gasteiger partial charge on any atom is -0.504 e. The van der Waals surface area contributed by atoms with Crippen LogP contribution < -0.4 is 4.74 Å². The lowest BCUT2D eigenvalue weighted by Crippen LogP contribution is -1.99. The van der Waals surface area contributed by atoms with Crippen molar-refractivity contribution in [3.05, 3.63) is 23.8 Å². The van der Waals surface area contributed by atoms with E-state index >= 15 is 0 Å². The van der Waals surface area contributed by atoms with Gasteiger partial charge in [-0.1, -0.05) is 115 Å². The average molecular weight is 377 g/mol. The number of hydrogen-bond acceptors (Lipinski definition) is 2. The summed E-state index contributed by atoms with van der Waals surface area (Å²) in [6.07, 6.45) is 22.1. The molecule has 1 N–H and O–H groups in total. The van der Waals surface area contributed by atoms with Crippen LogP contribution in [0.1, 0.15) is 115 Å². The molecule has 1 rings (SSSR count). The van der Waals surface area contributed by atoms with Gasteiger partial charge in [0.15, 0.2) is 11.5 Å². The molecule has 0 aliphatic heterocycles. The van der Waals surface area contributed by atoms with Gasteiger partial charge in [-0.25, -0.2) is 0 Å². The van der Waals surface area contributed by atoms with E-state index in [0.29, 0.717) is 12.4 Å². The van der Waals surface area contributed by atoms with Crippen LogP contribution in [-0.2, 0) is 0 Å². The lowest BCUT2D eigenvalue weighted by molar-refractivity contribution is 0.287. The van der Waals surface area contributed by atoms with E-state index < -0.39 is 0 Å².